The fourth-order valence-corrected chi connectivity index (χ4v) is 5.95. The van der Waals surface area contributed by atoms with Crippen LogP contribution >= 0.6 is 0 Å². The zero-order valence-electron chi connectivity index (χ0n) is 18.1. The Morgan fingerprint density at radius 1 is 1.20 bits per heavy atom. The zero-order valence-corrected chi connectivity index (χ0v) is 18.1. The summed E-state index contributed by atoms with van der Waals surface area (Å²) in [6, 6.07) is 4.48. The molecule has 0 radical (unpaired) electrons. The van der Waals surface area contributed by atoms with Crippen molar-refractivity contribution in [2.75, 3.05) is 57.9 Å². The number of pyridine rings is 1. The topological polar surface area (TPSA) is 69.1 Å². The van der Waals surface area contributed by atoms with Crippen LogP contribution in [-0.2, 0) is 11.2 Å². The third-order valence-electron chi connectivity index (χ3n) is 7.72. The van der Waals surface area contributed by atoms with Gasteiger partial charge in [-0.15, -0.1) is 0 Å². The van der Waals surface area contributed by atoms with Crippen LogP contribution in [0.3, 0.4) is 0 Å². The number of hydrogen-bond acceptors (Lipinski definition) is 6. The number of carbonyl (C=O) groups is 1. The van der Waals surface area contributed by atoms with Gasteiger partial charge < -0.3 is 19.6 Å². The first-order valence-corrected chi connectivity index (χ1v) is 11.5. The number of likely N-dealkylation sites (N-methyl/N-ethyl adjacent to an activating group) is 1. The van der Waals surface area contributed by atoms with Gasteiger partial charge in [0.25, 0.3) is 5.91 Å². The summed E-state index contributed by atoms with van der Waals surface area (Å²) in [4.78, 5) is 24.4. The fourth-order valence-electron chi connectivity index (χ4n) is 5.95. The molecule has 1 N–H and O–H groups in total. The summed E-state index contributed by atoms with van der Waals surface area (Å²) >= 11 is 0. The van der Waals surface area contributed by atoms with Crippen molar-refractivity contribution in [2.45, 2.75) is 50.7 Å². The van der Waals surface area contributed by atoms with Crippen molar-refractivity contribution in [3.8, 4) is 0 Å². The van der Waals surface area contributed by atoms with E-state index in [2.05, 4.69) is 20.9 Å². The Morgan fingerprint density at radius 3 is 2.73 bits per heavy atom. The number of ether oxygens (including phenoxy) is 1. The molecule has 5 rings (SSSR count). The Kier molecular flexibility index (Phi) is 5.45. The van der Waals surface area contributed by atoms with Gasteiger partial charge in [-0.05, 0) is 55.6 Å². The lowest BCUT2D eigenvalue weighted by atomic mass is 9.71. The smallest absolute Gasteiger partial charge is 0.272 e. The predicted molar refractivity (Wildman–Crippen MR) is 115 cm³/mol. The second kappa shape index (κ2) is 8.09. The highest BCUT2D eigenvalue weighted by molar-refractivity contribution is 5.93. The molecule has 1 aromatic heterocycles. The molecular weight excluding hydrogens is 380 g/mol. The third kappa shape index (κ3) is 3.83. The minimum atomic E-state index is -0.266. The second-order valence-corrected chi connectivity index (χ2v) is 9.77. The highest BCUT2D eigenvalue weighted by Crippen LogP contribution is 2.41. The molecule has 3 saturated heterocycles. The number of aliphatic hydroxyl groups excluding tert-OH is 1. The van der Waals surface area contributed by atoms with E-state index in [0.29, 0.717) is 11.7 Å². The molecule has 1 atom stereocenters. The van der Waals surface area contributed by atoms with Gasteiger partial charge in [0, 0.05) is 59.0 Å². The van der Waals surface area contributed by atoms with Crippen LogP contribution in [0.5, 0.6) is 0 Å². The van der Waals surface area contributed by atoms with Gasteiger partial charge >= 0.3 is 0 Å². The minimum absolute atomic E-state index is 0.0468. The molecule has 0 bridgehead atoms. The Hall–Kier alpha value is -1.70. The summed E-state index contributed by atoms with van der Waals surface area (Å²) in [6.45, 7) is 5.95. The maximum absolute atomic E-state index is 13.1. The summed E-state index contributed by atoms with van der Waals surface area (Å²) < 4.78 is 5.53. The monoisotopic (exact) mass is 414 g/mol. The van der Waals surface area contributed by atoms with Crippen LogP contribution < -0.4 is 4.90 Å². The quantitative estimate of drug-likeness (QED) is 0.792. The Bertz CT molecular complexity index is 787. The van der Waals surface area contributed by atoms with Crippen molar-refractivity contribution in [2.24, 2.45) is 5.41 Å². The summed E-state index contributed by atoms with van der Waals surface area (Å²) in [5.41, 5.74) is 1.92. The molecule has 1 spiro atoms. The van der Waals surface area contributed by atoms with Crippen molar-refractivity contribution in [3.05, 3.63) is 23.4 Å². The number of aliphatic hydroxyl groups is 1. The number of aromatic nitrogens is 1. The maximum Gasteiger partial charge on any atom is 0.272 e. The molecule has 7 nitrogen and oxygen atoms in total. The number of likely N-dealkylation sites (tertiary alicyclic amines) is 2. The first-order chi connectivity index (χ1) is 14.5. The molecule has 1 unspecified atom stereocenters. The van der Waals surface area contributed by atoms with Crippen molar-refractivity contribution in [3.63, 3.8) is 0 Å². The molecule has 0 aromatic carbocycles. The number of anilines is 1. The molecule has 3 fully saturated rings. The molecular formula is C23H34N4O3. The molecule has 1 aromatic rings. The minimum Gasteiger partial charge on any atom is -0.392 e. The van der Waals surface area contributed by atoms with Crippen LogP contribution in [0.1, 0.15) is 48.2 Å². The predicted octanol–water partition coefficient (Wildman–Crippen LogP) is 1.54. The van der Waals surface area contributed by atoms with Crippen molar-refractivity contribution < 1.29 is 14.6 Å². The first-order valence-electron chi connectivity index (χ1n) is 11.5. The number of piperidine rings is 2. The van der Waals surface area contributed by atoms with Crippen LogP contribution in [0, 0.1) is 5.41 Å². The third-order valence-corrected chi connectivity index (χ3v) is 7.72. The van der Waals surface area contributed by atoms with E-state index < -0.39 is 0 Å². The van der Waals surface area contributed by atoms with Crippen LogP contribution in [-0.4, -0.2) is 90.9 Å². The number of β-amino-alcohol motifs (C(OH)–C–C–N with tert-alkyl or cyclic N) is 1. The highest BCUT2D eigenvalue weighted by Gasteiger charge is 2.44. The molecule has 1 amide bonds. The fraction of sp³-hybridized carbons (Fsp3) is 0.739. The van der Waals surface area contributed by atoms with Crippen LogP contribution in [0.4, 0.5) is 5.82 Å². The van der Waals surface area contributed by atoms with E-state index in [4.69, 9.17) is 4.74 Å². The molecule has 7 heteroatoms. The molecule has 4 aliphatic heterocycles. The Labute approximate surface area is 179 Å². The second-order valence-electron chi connectivity index (χ2n) is 9.77. The molecule has 0 saturated carbocycles. The van der Waals surface area contributed by atoms with Crippen molar-refractivity contribution >= 4 is 11.7 Å². The van der Waals surface area contributed by atoms with E-state index in [9.17, 15) is 9.90 Å². The maximum atomic E-state index is 13.1. The van der Waals surface area contributed by atoms with Gasteiger partial charge in [-0.2, -0.15) is 0 Å². The van der Waals surface area contributed by atoms with Gasteiger partial charge in [-0.1, -0.05) is 6.07 Å². The summed E-state index contributed by atoms with van der Waals surface area (Å²) in [7, 11) is 2.04. The lowest BCUT2D eigenvalue weighted by molar-refractivity contribution is -0.0695. The van der Waals surface area contributed by atoms with Gasteiger partial charge in [-0.25, -0.2) is 4.98 Å². The summed E-state index contributed by atoms with van der Waals surface area (Å²) in [6.07, 6.45) is 5.64. The number of carbonyl (C=O) groups excluding carboxylic acids is 1. The average Bonchev–Trinajstić information content (AvgIpc) is 3.14. The van der Waals surface area contributed by atoms with Gasteiger partial charge in [-0.3, -0.25) is 9.69 Å². The highest BCUT2D eigenvalue weighted by atomic mass is 16.5. The van der Waals surface area contributed by atoms with Crippen LogP contribution in [0.25, 0.3) is 0 Å². The lowest BCUT2D eigenvalue weighted by Crippen LogP contribution is -2.57. The van der Waals surface area contributed by atoms with Gasteiger partial charge in [0.1, 0.15) is 11.5 Å². The van der Waals surface area contributed by atoms with Gasteiger partial charge in [0.15, 0.2) is 0 Å². The van der Waals surface area contributed by atoms with E-state index in [1.807, 2.05) is 18.0 Å². The van der Waals surface area contributed by atoms with E-state index in [1.54, 1.807) is 0 Å². The van der Waals surface area contributed by atoms with E-state index in [0.717, 1.165) is 90.3 Å². The summed E-state index contributed by atoms with van der Waals surface area (Å²) in [5, 5.41) is 10.6. The Balaban J connectivity index is 1.24. The first kappa shape index (κ1) is 20.2. The number of fused-ring (bicyclic) bond motifs is 1. The summed E-state index contributed by atoms with van der Waals surface area (Å²) in [5.74, 6) is 1.00. The standard InChI is InChI=1S/C23H34N4O3/c1-25-9-4-17-2-3-20(24-21(17)25)22(29)26-10-7-23(8-11-26)14-19(28)15-27(16-23)18-5-12-30-13-6-18/h2-3,18-19,28H,4-16H2,1H3. The zero-order chi connectivity index (χ0) is 20.7. The van der Waals surface area contributed by atoms with Crippen molar-refractivity contribution in [1.82, 2.24) is 14.8 Å². The van der Waals surface area contributed by atoms with Crippen molar-refractivity contribution in [1.29, 1.82) is 0 Å². The lowest BCUT2D eigenvalue weighted by Gasteiger charge is -2.51. The number of rotatable bonds is 2. The molecule has 4 aliphatic rings. The number of amides is 1. The normalized spacial score (nSPS) is 27.5. The number of nitrogens with zero attached hydrogens (tertiary/aromatic N) is 4. The van der Waals surface area contributed by atoms with Gasteiger partial charge in [0.2, 0.25) is 0 Å². The largest absolute Gasteiger partial charge is 0.392 e. The van der Waals surface area contributed by atoms with E-state index in [1.165, 1.54) is 5.56 Å². The SMILES string of the molecule is CN1CCc2ccc(C(=O)N3CCC4(CC3)CC(O)CN(C3CCOCC3)C4)nc21. The average molecular weight is 415 g/mol. The van der Waals surface area contributed by atoms with E-state index in [-0.39, 0.29) is 17.4 Å². The molecule has 5 heterocycles. The van der Waals surface area contributed by atoms with Gasteiger partial charge in [0.05, 0.1) is 6.10 Å². The molecule has 164 valence electrons. The Morgan fingerprint density at radius 2 is 1.97 bits per heavy atom. The van der Waals surface area contributed by atoms with Crippen LogP contribution in [0.2, 0.25) is 0 Å². The van der Waals surface area contributed by atoms with Crippen LogP contribution in [0.15, 0.2) is 12.1 Å². The molecule has 0 aliphatic carbocycles. The van der Waals surface area contributed by atoms with E-state index >= 15 is 0 Å². The number of hydrogen-bond donors (Lipinski definition) is 1. The molecule has 30 heavy (non-hydrogen) atoms.